The molecule has 1 aromatic heterocycles. The second-order valence-electron chi connectivity index (χ2n) is 6.83. The van der Waals surface area contributed by atoms with Crippen LogP contribution in [0.15, 0.2) is 24.3 Å². The maximum atomic E-state index is 11.9. The van der Waals surface area contributed by atoms with Gasteiger partial charge in [-0.1, -0.05) is 12.1 Å². The monoisotopic (exact) mass is 346 g/mol. The van der Waals surface area contributed by atoms with E-state index in [1.807, 2.05) is 31.2 Å². The molecule has 0 saturated heterocycles. The molecule has 0 aliphatic heterocycles. The van der Waals surface area contributed by atoms with Crippen molar-refractivity contribution >= 4 is 23.0 Å². The molecule has 0 radical (unpaired) electrons. The van der Waals surface area contributed by atoms with E-state index in [1.54, 1.807) is 20.8 Å². The van der Waals surface area contributed by atoms with Gasteiger partial charge in [-0.15, -0.1) is 0 Å². The molecule has 7 nitrogen and oxygen atoms in total. The van der Waals surface area contributed by atoms with Gasteiger partial charge in [-0.2, -0.15) is 0 Å². The Hall–Kier alpha value is -2.57. The number of aryl methyl sites for hydroxylation is 1. The minimum absolute atomic E-state index is 0.113. The fourth-order valence-electron chi connectivity index (χ4n) is 2.47. The van der Waals surface area contributed by atoms with Crippen LogP contribution in [0.2, 0.25) is 0 Å². The van der Waals surface area contributed by atoms with Crippen molar-refractivity contribution in [3.05, 3.63) is 30.1 Å². The zero-order chi connectivity index (χ0) is 18.4. The molecule has 136 valence electrons. The molecule has 0 atom stereocenters. The number of nitrogens with one attached hydrogen (secondary N) is 2. The lowest BCUT2D eigenvalue weighted by molar-refractivity contribution is -0.120. The second-order valence-corrected chi connectivity index (χ2v) is 6.83. The first-order valence-electron chi connectivity index (χ1n) is 8.42. The number of hydrogen-bond acceptors (Lipinski definition) is 4. The molecular weight excluding hydrogens is 320 g/mol. The topological polar surface area (TPSA) is 85.3 Å². The molecule has 0 aliphatic carbocycles. The summed E-state index contributed by atoms with van der Waals surface area (Å²) in [7, 11) is 0. The van der Waals surface area contributed by atoms with E-state index in [9.17, 15) is 9.59 Å². The van der Waals surface area contributed by atoms with Gasteiger partial charge in [-0.25, -0.2) is 9.78 Å². The van der Waals surface area contributed by atoms with Gasteiger partial charge in [0, 0.05) is 26.1 Å². The Kier molecular flexibility index (Phi) is 6.01. The molecule has 7 heteroatoms. The van der Waals surface area contributed by atoms with Gasteiger partial charge in [0.05, 0.1) is 11.0 Å². The highest BCUT2D eigenvalue weighted by Crippen LogP contribution is 2.14. The van der Waals surface area contributed by atoms with Crippen LogP contribution in [0, 0.1) is 6.92 Å². The average molecular weight is 346 g/mol. The molecule has 0 saturated carbocycles. The molecule has 0 unspecified atom stereocenters. The average Bonchev–Trinajstić information content (AvgIpc) is 2.81. The Morgan fingerprint density at radius 1 is 1.16 bits per heavy atom. The van der Waals surface area contributed by atoms with Gasteiger partial charge in [0.1, 0.15) is 11.4 Å². The Morgan fingerprint density at radius 3 is 2.60 bits per heavy atom. The van der Waals surface area contributed by atoms with Crippen LogP contribution in [0.4, 0.5) is 4.79 Å². The normalized spacial score (nSPS) is 11.4. The Balaban J connectivity index is 1.72. The van der Waals surface area contributed by atoms with Crippen molar-refractivity contribution in [2.45, 2.75) is 46.3 Å². The summed E-state index contributed by atoms with van der Waals surface area (Å²) in [6, 6.07) is 7.92. The van der Waals surface area contributed by atoms with Crippen LogP contribution in [0.5, 0.6) is 0 Å². The van der Waals surface area contributed by atoms with Gasteiger partial charge < -0.3 is 19.9 Å². The molecule has 2 amide bonds. The van der Waals surface area contributed by atoms with Gasteiger partial charge in [0.2, 0.25) is 5.91 Å². The summed E-state index contributed by atoms with van der Waals surface area (Å²) < 4.78 is 7.19. The SMILES string of the molecule is Cc1nc2ccccc2n1CCNC(=O)CCNC(=O)OC(C)(C)C. The van der Waals surface area contributed by atoms with E-state index in [0.717, 1.165) is 16.9 Å². The number of fused-ring (bicyclic) bond motifs is 1. The largest absolute Gasteiger partial charge is 0.444 e. The van der Waals surface area contributed by atoms with Crippen LogP contribution >= 0.6 is 0 Å². The molecule has 2 N–H and O–H groups in total. The first-order valence-corrected chi connectivity index (χ1v) is 8.42. The smallest absolute Gasteiger partial charge is 0.407 e. The highest BCUT2D eigenvalue weighted by atomic mass is 16.6. The maximum Gasteiger partial charge on any atom is 0.407 e. The molecule has 0 aliphatic rings. The van der Waals surface area contributed by atoms with Gasteiger partial charge in [-0.3, -0.25) is 4.79 Å². The van der Waals surface area contributed by atoms with Crippen LogP contribution in [0.1, 0.15) is 33.0 Å². The molecule has 1 aromatic carbocycles. The lowest BCUT2D eigenvalue weighted by atomic mass is 10.2. The minimum Gasteiger partial charge on any atom is -0.444 e. The third-order valence-electron chi connectivity index (χ3n) is 3.52. The summed E-state index contributed by atoms with van der Waals surface area (Å²) in [6.07, 6.45) is -0.302. The van der Waals surface area contributed by atoms with Crippen molar-refractivity contribution in [3.8, 4) is 0 Å². The fourth-order valence-corrected chi connectivity index (χ4v) is 2.47. The number of imidazole rings is 1. The van der Waals surface area contributed by atoms with Crippen LogP contribution in [0.25, 0.3) is 11.0 Å². The number of rotatable bonds is 6. The van der Waals surface area contributed by atoms with Gasteiger partial charge in [-0.05, 0) is 39.8 Å². The number of carbonyl (C=O) groups excluding carboxylic acids is 2. The Morgan fingerprint density at radius 2 is 1.88 bits per heavy atom. The lowest BCUT2D eigenvalue weighted by Gasteiger charge is -2.19. The van der Waals surface area contributed by atoms with Crippen LogP contribution in [-0.2, 0) is 16.1 Å². The summed E-state index contributed by atoms with van der Waals surface area (Å²) in [6.45, 7) is 8.73. The van der Waals surface area contributed by atoms with E-state index in [2.05, 4.69) is 20.2 Å². The van der Waals surface area contributed by atoms with Crippen molar-refractivity contribution in [2.24, 2.45) is 0 Å². The zero-order valence-corrected chi connectivity index (χ0v) is 15.3. The predicted molar refractivity (Wildman–Crippen MR) is 96.3 cm³/mol. The van der Waals surface area contributed by atoms with Crippen molar-refractivity contribution in [1.29, 1.82) is 0 Å². The van der Waals surface area contributed by atoms with E-state index in [-0.39, 0.29) is 18.9 Å². The van der Waals surface area contributed by atoms with Crippen molar-refractivity contribution in [3.63, 3.8) is 0 Å². The van der Waals surface area contributed by atoms with E-state index in [0.29, 0.717) is 13.1 Å². The number of amides is 2. The Bertz CT molecular complexity index is 746. The van der Waals surface area contributed by atoms with Crippen molar-refractivity contribution in [1.82, 2.24) is 20.2 Å². The number of carbonyl (C=O) groups is 2. The van der Waals surface area contributed by atoms with Gasteiger partial charge in [0.25, 0.3) is 0 Å². The summed E-state index contributed by atoms with van der Waals surface area (Å²) in [5, 5.41) is 5.43. The summed E-state index contributed by atoms with van der Waals surface area (Å²) >= 11 is 0. The first kappa shape index (κ1) is 18.8. The van der Waals surface area contributed by atoms with E-state index in [1.165, 1.54) is 0 Å². The predicted octanol–water partition coefficient (Wildman–Crippen LogP) is 2.38. The fraction of sp³-hybridized carbons (Fsp3) is 0.500. The Labute approximate surface area is 147 Å². The van der Waals surface area contributed by atoms with Crippen molar-refractivity contribution < 1.29 is 14.3 Å². The maximum absolute atomic E-state index is 11.9. The van der Waals surface area contributed by atoms with Gasteiger partial charge >= 0.3 is 6.09 Å². The third-order valence-corrected chi connectivity index (χ3v) is 3.52. The number of aromatic nitrogens is 2. The highest BCUT2D eigenvalue weighted by Gasteiger charge is 2.15. The summed E-state index contributed by atoms with van der Waals surface area (Å²) in [4.78, 5) is 27.9. The van der Waals surface area contributed by atoms with Crippen LogP contribution in [-0.4, -0.2) is 40.2 Å². The van der Waals surface area contributed by atoms with Crippen LogP contribution in [0.3, 0.4) is 0 Å². The lowest BCUT2D eigenvalue weighted by Crippen LogP contribution is -2.35. The van der Waals surface area contributed by atoms with E-state index >= 15 is 0 Å². The number of benzene rings is 1. The zero-order valence-electron chi connectivity index (χ0n) is 15.3. The number of hydrogen-bond donors (Lipinski definition) is 2. The molecule has 0 fully saturated rings. The molecule has 2 rings (SSSR count). The van der Waals surface area contributed by atoms with Gasteiger partial charge in [0.15, 0.2) is 0 Å². The first-order chi connectivity index (χ1) is 11.8. The number of alkyl carbamates (subject to hydrolysis) is 1. The minimum atomic E-state index is -0.544. The second kappa shape index (κ2) is 8.00. The molecule has 0 spiro atoms. The molecule has 0 bridgehead atoms. The van der Waals surface area contributed by atoms with Crippen molar-refractivity contribution in [2.75, 3.05) is 13.1 Å². The standard InChI is InChI=1S/C18H26N4O3/c1-13-21-14-7-5-6-8-15(14)22(13)12-11-19-16(23)9-10-20-17(24)25-18(2,3)4/h5-8H,9-12H2,1-4H3,(H,19,23)(H,20,24). The quantitative estimate of drug-likeness (QED) is 0.841. The number of nitrogens with zero attached hydrogens (tertiary/aromatic N) is 2. The molecule has 1 heterocycles. The summed E-state index contributed by atoms with van der Waals surface area (Å²) in [5.74, 6) is 0.806. The molecular formula is C18H26N4O3. The van der Waals surface area contributed by atoms with E-state index in [4.69, 9.17) is 4.74 Å². The van der Waals surface area contributed by atoms with E-state index < -0.39 is 11.7 Å². The number of para-hydroxylation sites is 2. The molecule has 2 aromatic rings. The van der Waals surface area contributed by atoms with Crippen LogP contribution < -0.4 is 10.6 Å². The third kappa shape index (κ3) is 5.77. The number of ether oxygens (including phenoxy) is 1. The highest BCUT2D eigenvalue weighted by molar-refractivity contribution is 5.77. The molecule has 25 heavy (non-hydrogen) atoms. The summed E-state index contributed by atoms with van der Waals surface area (Å²) in [5.41, 5.74) is 1.46.